The fourth-order valence-electron chi connectivity index (χ4n) is 3.38. The van der Waals surface area contributed by atoms with Gasteiger partial charge in [0.25, 0.3) is 0 Å². The van der Waals surface area contributed by atoms with E-state index in [1.807, 2.05) is 24.3 Å². The van der Waals surface area contributed by atoms with Crippen molar-refractivity contribution in [2.45, 2.75) is 51.7 Å². The predicted molar refractivity (Wildman–Crippen MR) is 88.2 cm³/mol. The molecule has 4 nitrogen and oxygen atoms in total. The van der Waals surface area contributed by atoms with Crippen LogP contribution in [0.5, 0.6) is 0 Å². The minimum absolute atomic E-state index is 0.0222. The number of carbonyl (C=O) groups is 1. The Kier molecular flexibility index (Phi) is 6.40. The summed E-state index contributed by atoms with van der Waals surface area (Å²) in [6.45, 7) is 1.73. The van der Waals surface area contributed by atoms with Gasteiger partial charge in [-0.2, -0.15) is 0 Å². The number of hydrogen-bond acceptors (Lipinski definition) is 3. The van der Waals surface area contributed by atoms with Crippen molar-refractivity contribution >= 4 is 5.91 Å². The molecule has 0 bridgehead atoms. The molecule has 1 aromatic carbocycles. The minimum Gasteiger partial charge on any atom is -0.380 e. The number of carbonyl (C=O) groups excluding carboxylic acids is 1. The van der Waals surface area contributed by atoms with E-state index in [1.165, 1.54) is 19.3 Å². The average Bonchev–Trinajstić information content (AvgIpc) is 2.55. The Labute approximate surface area is 133 Å². The molecule has 0 spiro atoms. The van der Waals surface area contributed by atoms with Gasteiger partial charge >= 0.3 is 0 Å². The van der Waals surface area contributed by atoms with Crippen molar-refractivity contribution in [3.05, 3.63) is 35.4 Å². The van der Waals surface area contributed by atoms with Crippen LogP contribution in [0.3, 0.4) is 0 Å². The lowest BCUT2D eigenvalue weighted by Crippen LogP contribution is -2.38. The molecule has 0 atom stereocenters. The molecule has 0 unspecified atom stereocenters. The first-order valence-corrected chi connectivity index (χ1v) is 8.22. The van der Waals surface area contributed by atoms with Crippen molar-refractivity contribution in [2.24, 2.45) is 11.1 Å². The Balaban J connectivity index is 1.90. The summed E-state index contributed by atoms with van der Waals surface area (Å²) in [5, 5.41) is 3.05. The molecule has 2 rings (SSSR count). The number of amides is 1. The molecular formula is C18H28N2O2. The first kappa shape index (κ1) is 17.0. The summed E-state index contributed by atoms with van der Waals surface area (Å²) in [5.41, 5.74) is 8.22. The highest BCUT2D eigenvalue weighted by molar-refractivity contribution is 5.76. The molecule has 3 N–H and O–H groups in total. The molecular weight excluding hydrogens is 276 g/mol. The van der Waals surface area contributed by atoms with E-state index < -0.39 is 0 Å². The van der Waals surface area contributed by atoms with E-state index in [0.717, 1.165) is 24.0 Å². The van der Waals surface area contributed by atoms with Crippen molar-refractivity contribution in [1.82, 2.24) is 5.32 Å². The molecule has 0 radical (unpaired) electrons. The molecule has 22 heavy (non-hydrogen) atoms. The largest absolute Gasteiger partial charge is 0.380 e. The van der Waals surface area contributed by atoms with Gasteiger partial charge in [0.15, 0.2) is 0 Å². The number of nitrogens with one attached hydrogen (secondary N) is 1. The summed E-state index contributed by atoms with van der Waals surface area (Å²) >= 11 is 0. The number of benzene rings is 1. The van der Waals surface area contributed by atoms with Crippen molar-refractivity contribution < 1.29 is 9.53 Å². The molecule has 1 saturated carbocycles. The number of rotatable bonds is 7. The van der Waals surface area contributed by atoms with Gasteiger partial charge in [-0.3, -0.25) is 4.79 Å². The van der Waals surface area contributed by atoms with Crippen LogP contribution < -0.4 is 11.1 Å². The molecule has 1 aromatic rings. The Bertz CT molecular complexity index is 482. The lowest BCUT2D eigenvalue weighted by Gasteiger charge is -2.35. The normalized spacial score (nSPS) is 17.2. The summed E-state index contributed by atoms with van der Waals surface area (Å²) in [6.07, 6.45) is 6.38. The molecule has 4 heteroatoms. The zero-order valence-corrected chi connectivity index (χ0v) is 13.6. The third kappa shape index (κ3) is 4.55. The van der Waals surface area contributed by atoms with E-state index in [1.54, 1.807) is 7.11 Å². The van der Waals surface area contributed by atoms with Crippen LogP contribution >= 0.6 is 0 Å². The first-order valence-electron chi connectivity index (χ1n) is 8.22. The summed E-state index contributed by atoms with van der Waals surface area (Å²) in [7, 11) is 1.68. The maximum Gasteiger partial charge on any atom is 0.220 e. The molecule has 122 valence electrons. The summed E-state index contributed by atoms with van der Waals surface area (Å²) in [5.74, 6) is 0.111. The standard InChI is InChI=1S/C18H28N2O2/c1-22-13-16-8-4-3-7-15(16)12-20-17(21)11-18(14-19)9-5-2-6-10-18/h3-4,7-8H,2,5-6,9-14,19H2,1H3,(H,20,21). The van der Waals surface area contributed by atoms with Crippen molar-refractivity contribution in [3.63, 3.8) is 0 Å². The minimum atomic E-state index is 0.0222. The van der Waals surface area contributed by atoms with E-state index in [9.17, 15) is 4.79 Å². The number of methoxy groups -OCH3 is 1. The van der Waals surface area contributed by atoms with Crippen LogP contribution in [0.25, 0.3) is 0 Å². The van der Waals surface area contributed by atoms with Crippen LogP contribution in [0.15, 0.2) is 24.3 Å². The summed E-state index contributed by atoms with van der Waals surface area (Å²) in [4.78, 5) is 12.3. The predicted octanol–water partition coefficient (Wildman–Crippen LogP) is 2.75. The van der Waals surface area contributed by atoms with Crippen LogP contribution in [-0.4, -0.2) is 19.6 Å². The second kappa shape index (κ2) is 8.30. The Hall–Kier alpha value is -1.39. The van der Waals surface area contributed by atoms with Crippen molar-refractivity contribution in [1.29, 1.82) is 0 Å². The van der Waals surface area contributed by atoms with E-state index in [2.05, 4.69) is 5.32 Å². The van der Waals surface area contributed by atoms with Crippen LogP contribution in [0, 0.1) is 5.41 Å². The lowest BCUT2D eigenvalue weighted by atomic mass is 9.71. The monoisotopic (exact) mass is 304 g/mol. The van der Waals surface area contributed by atoms with Gasteiger partial charge in [0.05, 0.1) is 6.61 Å². The second-order valence-electron chi connectivity index (χ2n) is 6.42. The van der Waals surface area contributed by atoms with Gasteiger partial charge in [-0.15, -0.1) is 0 Å². The summed E-state index contributed by atoms with van der Waals surface area (Å²) in [6, 6.07) is 8.05. The smallest absolute Gasteiger partial charge is 0.220 e. The van der Waals surface area contributed by atoms with Crippen LogP contribution in [-0.2, 0) is 22.7 Å². The zero-order chi connectivity index (χ0) is 15.8. The third-order valence-corrected chi connectivity index (χ3v) is 4.78. The van der Waals surface area contributed by atoms with Gasteiger partial charge in [0.2, 0.25) is 5.91 Å². The second-order valence-corrected chi connectivity index (χ2v) is 6.42. The number of nitrogens with two attached hydrogens (primary N) is 1. The van der Waals surface area contributed by atoms with E-state index >= 15 is 0 Å². The van der Waals surface area contributed by atoms with Crippen LogP contribution in [0.4, 0.5) is 0 Å². The topological polar surface area (TPSA) is 64.3 Å². The third-order valence-electron chi connectivity index (χ3n) is 4.78. The van der Waals surface area contributed by atoms with E-state index in [4.69, 9.17) is 10.5 Å². The van der Waals surface area contributed by atoms with Gasteiger partial charge in [-0.05, 0) is 35.9 Å². The van der Waals surface area contributed by atoms with Gasteiger partial charge < -0.3 is 15.8 Å². The van der Waals surface area contributed by atoms with E-state index in [-0.39, 0.29) is 11.3 Å². The Morgan fingerprint density at radius 2 is 1.91 bits per heavy atom. The Morgan fingerprint density at radius 1 is 1.23 bits per heavy atom. The van der Waals surface area contributed by atoms with Gasteiger partial charge in [-0.25, -0.2) is 0 Å². The van der Waals surface area contributed by atoms with Gasteiger partial charge in [-0.1, -0.05) is 43.5 Å². The van der Waals surface area contributed by atoms with Crippen LogP contribution in [0.2, 0.25) is 0 Å². The molecule has 0 aromatic heterocycles. The van der Waals surface area contributed by atoms with Crippen LogP contribution in [0.1, 0.15) is 49.7 Å². The summed E-state index contributed by atoms with van der Waals surface area (Å²) < 4.78 is 5.20. The maximum absolute atomic E-state index is 12.3. The number of hydrogen-bond donors (Lipinski definition) is 2. The quantitative estimate of drug-likeness (QED) is 0.814. The highest BCUT2D eigenvalue weighted by Gasteiger charge is 2.32. The highest BCUT2D eigenvalue weighted by Crippen LogP contribution is 2.38. The fourth-order valence-corrected chi connectivity index (χ4v) is 3.38. The highest BCUT2D eigenvalue weighted by atomic mass is 16.5. The SMILES string of the molecule is COCc1ccccc1CNC(=O)CC1(CN)CCCCC1. The number of ether oxygens (including phenoxy) is 1. The molecule has 1 aliphatic rings. The molecule has 1 fully saturated rings. The zero-order valence-electron chi connectivity index (χ0n) is 13.6. The molecule has 0 saturated heterocycles. The fraction of sp³-hybridized carbons (Fsp3) is 0.611. The van der Waals surface area contributed by atoms with E-state index in [0.29, 0.717) is 26.1 Å². The lowest BCUT2D eigenvalue weighted by molar-refractivity contribution is -0.124. The van der Waals surface area contributed by atoms with Crippen molar-refractivity contribution in [3.8, 4) is 0 Å². The van der Waals surface area contributed by atoms with Gasteiger partial charge in [0.1, 0.15) is 0 Å². The molecule has 0 aliphatic heterocycles. The molecule has 1 amide bonds. The van der Waals surface area contributed by atoms with Gasteiger partial charge in [0, 0.05) is 20.1 Å². The first-order chi connectivity index (χ1) is 10.7. The molecule has 1 aliphatic carbocycles. The maximum atomic E-state index is 12.3. The Morgan fingerprint density at radius 3 is 2.55 bits per heavy atom. The molecule has 0 heterocycles. The average molecular weight is 304 g/mol. The van der Waals surface area contributed by atoms with Crippen molar-refractivity contribution in [2.75, 3.05) is 13.7 Å².